The maximum absolute atomic E-state index is 12.0. The minimum absolute atomic E-state index is 0.0460. The van der Waals surface area contributed by atoms with Gasteiger partial charge in [0.1, 0.15) is 0 Å². The fourth-order valence-corrected chi connectivity index (χ4v) is 2.64. The SMILES string of the molecule is Cc1ccc(S(=O)(=O)N/N=C\c2ccc(C)c([N+](=O)[O-])c2)cc1. The average molecular weight is 333 g/mol. The van der Waals surface area contributed by atoms with Gasteiger partial charge in [0.05, 0.1) is 16.0 Å². The summed E-state index contributed by atoms with van der Waals surface area (Å²) in [7, 11) is -3.76. The molecule has 0 aliphatic carbocycles. The Hall–Kier alpha value is -2.74. The highest BCUT2D eigenvalue weighted by Crippen LogP contribution is 2.18. The van der Waals surface area contributed by atoms with Gasteiger partial charge in [0, 0.05) is 17.2 Å². The number of benzene rings is 2. The summed E-state index contributed by atoms with van der Waals surface area (Å²) in [5, 5.41) is 14.5. The molecule has 7 nitrogen and oxygen atoms in total. The van der Waals surface area contributed by atoms with Gasteiger partial charge in [0.2, 0.25) is 0 Å². The van der Waals surface area contributed by atoms with Crippen molar-refractivity contribution >= 4 is 21.9 Å². The van der Waals surface area contributed by atoms with Crippen LogP contribution >= 0.6 is 0 Å². The van der Waals surface area contributed by atoms with Crippen LogP contribution in [0.1, 0.15) is 16.7 Å². The van der Waals surface area contributed by atoms with E-state index < -0.39 is 14.9 Å². The largest absolute Gasteiger partial charge is 0.276 e. The number of nitrogens with one attached hydrogen (secondary N) is 1. The first-order chi connectivity index (χ1) is 10.8. The number of hydrogen-bond acceptors (Lipinski definition) is 5. The molecular weight excluding hydrogens is 318 g/mol. The van der Waals surface area contributed by atoms with E-state index in [1.165, 1.54) is 24.4 Å². The van der Waals surface area contributed by atoms with E-state index in [1.54, 1.807) is 31.2 Å². The van der Waals surface area contributed by atoms with Crippen molar-refractivity contribution in [3.05, 3.63) is 69.3 Å². The van der Waals surface area contributed by atoms with Crippen molar-refractivity contribution in [2.45, 2.75) is 18.7 Å². The lowest BCUT2D eigenvalue weighted by Crippen LogP contribution is -2.18. The molecule has 0 saturated carbocycles. The Balaban J connectivity index is 2.17. The first kappa shape index (κ1) is 16.6. The molecule has 0 amide bonds. The Bertz CT molecular complexity index is 859. The van der Waals surface area contributed by atoms with E-state index in [1.807, 2.05) is 6.92 Å². The van der Waals surface area contributed by atoms with Gasteiger partial charge >= 0.3 is 0 Å². The lowest BCUT2D eigenvalue weighted by atomic mass is 10.1. The molecule has 2 rings (SSSR count). The predicted octanol–water partition coefficient (Wildman–Crippen LogP) is 2.52. The maximum Gasteiger partial charge on any atom is 0.276 e. The van der Waals surface area contributed by atoms with Gasteiger partial charge in [-0.15, -0.1) is 0 Å². The quantitative estimate of drug-likeness (QED) is 0.516. The van der Waals surface area contributed by atoms with Crippen molar-refractivity contribution in [3.8, 4) is 0 Å². The van der Waals surface area contributed by atoms with Crippen molar-refractivity contribution < 1.29 is 13.3 Å². The Morgan fingerprint density at radius 3 is 2.39 bits per heavy atom. The molecule has 0 aromatic heterocycles. The molecule has 0 spiro atoms. The fourth-order valence-electron chi connectivity index (χ4n) is 1.84. The van der Waals surface area contributed by atoms with Gasteiger partial charge in [-0.05, 0) is 26.0 Å². The van der Waals surface area contributed by atoms with Crippen LogP contribution < -0.4 is 4.83 Å². The highest BCUT2D eigenvalue weighted by molar-refractivity contribution is 7.89. The first-order valence-corrected chi connectivity index (χ1v) is 8.14. The van der Waals surface area contributed by atoms with E-state index in [0.29, 0.717) is 11.1 Å². The van der Waals surface area contributed by atoms with Gasteiger partial charge in [0.15, 0.2) is 0 Å². The number of sulfonamides is 1. The molecule has 2 aromatic rings. The lowest BCUT2D eigenvalue weighted by Gasteiger charge is -2.03. The van der Waals surface area contributed by atoms with Crippen LogP contribution in [-0.2, 0) is 10.0 Å². The summed E-state index contributed by atoms with van der Waals surface area (Å²) in [5.41, 5.74) is 1.84. The number of hydrogen-bond donors (Lipinski definition) is 1. The van der Waals surface area contributed by atoms with E-state index >= 15 is 0 Å². The second-order valence-corrected chi connectivity index (χ2v) is 6.63. The summed E-state index contributed by atoms with van der Waals surface area (Å²) in [6, 6.07) is 10.8. The summed E-state index contributed by atoms with van der Waals surface area (Å²) < 4.78 is 24.1. The number of nitro groups is 1. The van der Waals surface area contributed by atoms with Gasteiger partial charge in [-0.3, -0.25) is 10.1 Å². The standard InChI is InChI=1S/C15H15N3O4S/c1-11-3-7-14(8-4-11)23(21,22)17-16-10-13-6-5-12(2)15(9-13)18(19)20/h3-10,17H,1-2H3/b16-10-. The van der Waals surface area contributed by atoms with Crippen LogP contribution in [0.15, 0.2) is 52.5 Å². The number of aryl methyl sites for hydroxylation is 2. The Labute approximate surface area is 133 Å². The summed E-state index contributed by atoms with van der Waals surface area (Å²) in [4.78, 5) is 12.5. The van der Waals surface area contributed by atoms with Crippen LogP contribution in [-0.4, -0.2) is 19.6 Å². The van der Waals surface area contributed by atoms with Gasteiger partial charge in [-0.25, -0.2) is 4.83 Å². The molecule has 0 fully saturated rings. The topological polar surface area (TPSA) is 102 Å². The molecule has 0 aliphatic heterocycles. The summed E-state index contributed by atoms with van der Waals surface area (Å²) >= 11 is 0. The molecule has 0 unspecified atom stereocenters. The molecule has 0 bridgehead atoms. The van der Waals surface area contributed by atoms with E-state index in [9.17, 15) is 18.5 Å². The van der Waals surface area contributed by atoms with E-state index in [-0.39, 0.29) is 10.6 Å². The van der Waals surface area contributed by atoms with Crippen LogP contribution in [0.3, 0.4) is 0 Å². The van der Waals surface area contributed by atoms with Crippen LogP contribution in [0.4, 0.5) is 5.69 Å². The van der Waals surface area contributed by atoms with Gasteiger partial charge in [0.25, 0.3) is 15.7 Å². The molecule has 8 heteroatoms. The molecule has 2 aromatic carbocycles. The molecule has 23 heavy (non-hydrogen) atoms. The second kappa shape index (κ2) is 6.57. The molecule has 1 N–H and O–H groups in total. The molecule has 0 atom stereocenters. The average Bonchev–Trinajstić information content (AvgIpc) is 2.49. The van der Waals surface area contributed by atoms with Crippen LogP contribution in [0.2, 0.25) is 0 Å². The molecule has 0 heterocycles. The highest BCUT2D eigenvalue weighted by atomic mass is 32.2. The van der Waals surface area contributed by atoms with Crippen molar-refractivity contribution in [3.63, 3.8) is 0 Å². The van der Waals surface area contributed by atoms with Crippen molar-refractivity contribution in [1.82, 2.24) is 4.83 Å². The van der Waals surface area contributed by atoms with E-state index in [2.05, 4.69) is 9.93 Å². The summed E-state index contributed by atoms with van der Waals surface area (Å²) in [5.74, 6) is 0. The van der Waals surface area contributed by atoms with Crippen LogP contribution in [0, 0.1) is 24.0 Å². The minimum atomic E-state index is -3.76. The highest BCUT2D eigenvalue weighted by Gasteiger charge is 2.12. The number of nitro benzene ring substituents is 1. The second-order valence-electron chi connectivity index (χ2n) is 4.97. The molecule has 0 aliphatic rings. The van der Waals surface area contributed by atoms with Crippen molar-refractivity contribution in [2.75, 3.05) is 0 Å². The zero-order chi connectivity index (χ0) is 17.0. The number of rotatable bonds is 5. The maximum atomic E-state index is 12.0. The zero-order valence-corrected chi connectivity index (χ0v) is 13.4. The third kappa shape index (κ3) is 4.13. The normalized spacial score (nSPS) is 11.6. The third-order valence-electron chi connectivity index (χ3n) is 3.15. The smallest absolute Gasteiger partial charge is 0.258 e. The van der Waals surface area contributed by atoms with Crippen LogP contribution in [0.25, 0.3) is 0 Å². The number of hydrazone groups is 1. The third-order valence-corrected chi connectivity index (χ3v) is 4.39. The summed E-state index contributed by atoms with van der Waals surface area (Å²) in [6.07, 6.45) is 1.22. The van der Waals surface area contributed by atoms with E-state index in [0.717, 1.165) is 5.56 Å². The van der Waals surface area contributed by atoms with Crippen molar-refractivity contribution in [2.24, 2.45) is 5.10 Å². The Kier molecular flexibility index (Phi) is 4.75. The van der Waals surface area contributed by atoms with Crippen molar-refractivity contribution in [1.29, 1.82) is 0 Å². The summed E-state index contributed by atoms with van der Waals surface area (Å²) in [6.45, 7) is 3.48. The lowest BCUT2D eigenvalue weighted by molar-refractivity contribution is -0.385. The Morgan fingerprint density at radius 2 is 1.78 bits per heavy atom. The molecule has 0 saturated heterocycles. The molecule has 0 radical (unpaired) electrons. The van der Waals surface area contributed by atoms with Crippen LogP contribution in [0.5, 0.6) is 0 Å². The molecular formula is C15H15N3O4S. The van der Waals surface area contributed by atoms with E-state index in [4.69, 9.17) is 0 Å². The Morgan fingerprint density at radius 1 is 1.13 bits per heavy atom. The monoisotopic (exact) mass is 333 g/mol. The predicted molar refractivity (Wildman–Crippen MR) is 86.9 cm³/mol. The fraction of sp³-hybridized carbons (Fsp3) is 0.133. The minimum Gasteiger partial charge on any atom is -0.258 e. The molecule has 120 valence electrons. The van der Waals surface area contributed by atoms with Gasteiger partial charge < -0.3 is 0 Å². The number of nitrogens with zero attached hydrogens (tertiary/aromatic N) is 2. The van der Waals surface area contributed by atoms with Gasteiger partial charge in [-0.1, -0.05) is 29.8 Å². The first-order valence-electron chi connectivity index (χ1n) is 6.66. The van der Waals surface area contributed by atoms with Gasteiger partial charge in [-0.2, -0.15) is 13.5 Å². The zero-order valence-electron chi connectivity index (χ0n) is 12.6.